The number of ether oxygens (including phenoxy) is 1. The smallest absolute Gasteiger partial charge is 0.414 e. The van der Waals surface area contributed by atoms with E-state index >= 15 is 0 Å². The van der Waals surface area contributed by atoms with Gasteiger partial charge in [0, 0.05) is 6.20 Å². The molecule has 21 heavy (non-hydrogen) atoms. The molecule has 1 fully saturated rings. The predicted octanol–water partition coefficient (Wildman–Crippen LogP) is 2.19. The minimum atomic E-state index is -1.06. The molecule has 9 heteroatoms. The Balaban J connectivity index is 1.81. The first-order chi connectivity index (χ1) is 10.1. The molecule has 1 saturated heterocycles. The van der Waals surface area contributed by atoms with Crippen LogP contribution >= 0.6 is 22.6 Å². The third-order valence-corrected chi connectivity index (χ3v) is 3.88. The third-order valence-electron chi connectivity index (χ3n) is 3.04. The summed E-state index contributed by atoms with van der Waals surface area (Å²) in [7, 11) is 0. The predicted molar refractivity (Wildman–Crippen MR) is 76.7 cm³/mol. The van der Waals surface area contributed by atoms with Gasteiger partial charge in [0.05, 0.1) is 28.5 Å². The van der Waals surface area contributed by atoms with Gasteiger partial charge in [-0.25, -0.2) is 18.3 Å². The Labute approximate surface area is 131 Å². The van der Waals surface area contributed by atoms with Crippen molar-refractivity contribution in [3.63, 3.8) is 0 Å². The highest BCUT2D eigenvalue weighted by molar-refractivity contribution is 14.1. The number of rotatable bonds is 3. The van der Waals surface area contributed by atoms with E-state index in [1.54, 1.807) is 28.8 Å². The first kappa shape index (κ1) is 14.2. The SMILES string of the molecule is O=C1O[C@@H](Cn2ccnn2)CN1c1ccc(I)c(F)c1F. The number of carbonyl (C=O) groups excluding carboxylic acids is 1. The van der Waals surface area contributed by atoms with Crippen molar-refractivity contribution in [2.45, 2.75) is 12.6 Å². The van der Waals surface area contributed by atoms with Gasteiger partial charge >= 0.3 is 6.09 Å². The van der Waals surface area contributed by atoms with Crippen LogP contribution < -0.4 is 4.90 Å². The molecule has 1 aromatic carbocycles. The van der Waals surface area contributed by atoms with Gasteiger partial charge in [-0.05, 0) is 34.7 Å². The van der Waals surface area contributed by atoms with E-state index in [9.17, 15) is 13.6 Å². The molecule has 0 N–H and O–H groups in total. The van der Waals surface area contributed by atoms with Gasteiger partial charge in [-0.2, -0.15) is 0 Å². The number of anilines is 1. The van der Waals surface area contributed by atoms with Gasteiger partial charge in [0.25, 0.3) is 0 Å². The highest BCUT2D eigenvalue weighted by Crippen LogP contribution is 2.28. The lowest BCUT2D eigenvalue weighted by Gasteiger charge is -2.14. The molecular formula is C12H9F2IN4O2. The summed E-state index contributed by atoms with van der Waals surface area (Å²) in [5.41, 5.74) is -0.126. The zero-order valence-corrected chi connectivity index (χ0v) is 12.7. The molecule has 0 spiro atoms. The van der Waals surface area contributed by atoms with Crippen LogP contribution in [-0.2, 0) is 11.3 Å². The van der Waals surface area contributed by atoms with Gasteiger partial charge in [0.1, 0.15) is 6.10 Å². The second-order valence-corrected chi connectivity index (χ2v) is 5.60. The monoisotopic (exact) mass is 406 g/mol. The van der Waals surface area contributed by atoms with Crippen LogP contribution in [0.1, 0.15) is 0 Å². The van der Waals surface area contributed by atoms with Crippen LogP contribution in [-0.4, -0.2) is 33.7 Å². The van der Waals surface area contributed by atoms with E-state index in [0.29, 0.717) is 6.54 Å². The number of halogens is 3. The molecule has 1 aliphatic rings. The van der Waals surface area contributed by atoms with Crippen LogP contribution in [0.25, 0.3) is 0 Å². The fraction of sp³-hybridized carbons (Fsp3) is 0.250. The first-order valence-corrected chi connectivity index (χ1v) is 7.10. The van der Waals surface area contributed by atoms with E-state index in [2.05, 4.69) is 10.3 Å². The first-order valence-electron chi connectivity index (χ1n) is 6.02. The quantitative estimate of drug-likeness (QED) is 0.580. The standard InChI is InChI=1S/C12H9F2IN4O2/c13-10-8(15)1-2-9(11(10)14)19-6-7(21-12(19)20)5-18-4-3-16-17-18/h1-4,7H,5-6H2/t7-/m0/s1. The van der Waals surface area contributed by atoms with Crippen molar-refractivity contribution in [3.05, 3.63) is 39.7 Å². The maximum Gasteiger partial charge on any atom is 0.414 e. The molecule has 0 bridgehead atoms. The molecule has 0 unspecified atom stereocenters. The zero-order chi connectivity index (χ0) is 15.0. The summed E-state index contributed by atoms with van der Waals surface area (Å²) in [6.45, 7) is 0.423. The van der Waals surface area contributed by atoms with E-state index in [4.69, 9.17) is 4.74 Å². The fourth-order valence-electron chi connectivity index (χ4n) is 2.08. The Bertz CT molecular complexity index is 680. The summed E-state index contributed by atoms with van der Waals surface area (Å²) < 4.78 is 34.3. The second-order valence-electron chi connectivity index (χ2n) is 4.44. The van der Waals surface area contributed by atoms with Crippen molar-refractivity contribution in [3.8, 4) is 0 Å². The lowest BCUT2D eigenvalue weighted by Crippen LogP contribution is -2.27. The average molecular weight is 406 g/mol. The Morgan fingerprint density at radius 1 is 1.38 bits per heavy atom. The van der Waals surface area contributed by atoms with Crippen molar-refractivity contribution in [2.24, 2.45) is 0 Å². The van der Waals surface area contributed by atoms with E-state index < -0.39 is 23.8 Å². The molecule has 6 nitrogen and oxygen atoms in total. The van der Waals surface area contributed by atoms with Gasteiger partial charge < -0.3 is 4.74 Å². The molecule has 3 rings (SSSR count). The van der Waals surface area contributed by atoms with Gasteiger partial charge in [-0.15, -0.1) is 5.10 Å². The minimum absolute atomic E-state index is 0.121. The van der Waals surface area contributed by atoms with Crippen molar-refractivity contribution < 1.29 is 18.3 Å². The normalized spacial score (nSPS) is 18.1. The maximum atomic E-state index is 13.9. The Kier molecular flexibility index (Phi) is 3.74. The summed E-state index contributed by atoms with van der Waals surface area (Å²) in [5.74, 6) is -2.03. The molecule has 1 atom stereocenters. The van der Waals surface area contributed by atoms with Crippen LogP contribution in [0, 0.1) is 15.2 Å². The number of cyclic esters (lactones) is 1. The maximum absolute atomic E-state index is 13.9. The van der Waals surface area contributed by atoms with E-state index in [1.165, 1.54) is 23.0 Å². The number of benzene rings is 1. The van der Waals surface area contributed by atoms with Crippen molar-refractivity contribution >= 4 is 34.4 Å². The molecule has 2 heterocycles. The largest absolute Gasteiger partial charge is 0.442 e. The number of hydrogen-bond acceptors (Lipinski definition) is 4. The Morgan fingerprint density at radius 2 is 2.19 bits per heavy atom. The van der Waals surface area contributed by atoms with Gasteiger partial charge in [-0.3, -0.25) is 4.90 Å². The van der Waals surface area contributed by atoms with Crippen LogP contribution in [0.3, 0.4) is 0 Å². The lowest BCUT2D eigenvalue weighted by atomic mass is 10.2. The van der Waals surface area contributed by atoms with Crippen molar-refractivity contribution in [1.82, 2.24) is 15.0 Å². The highest BCUT2D eigenvalue weighted by Gasteiger charge is 2.35. The molecule has 1 aliphatic heterocycles. The lowest BCUT2D eigenvalue weighted by molar-refractivity contribution is 0.129. The fourth-order valence-corrected chi connectivity index (χ4v) is 2.49. The van der Waals surface area contributed by atoms with Crippen molar-refractivity contribution in [2.75, 3.05) is 11.4 Å². The minimum Gasteiger partial charge on any atom is -0.442 e. The zero-order valence-electron chi connectivity index (χ0n) is 10.5. The number of amides is 1. The average Bonchev–Trinajstić information content (AvgIpc) is 3.07. The number of carbonyl (C=O) groups is 1. The van der Waals surface area contributed by atoms with Gasteiger partial charge in [-0.1, -0.05) is 5.21 Å². The van der Waals surface area contributed by atoms with Crippen LogP contribution in [0.15, 0.2) is 24.5 Å². The molecule has 1 aromatic heterocycles. The van der Waals surface area contributed by atoms with Gasteiger partial charge in [0.2, 0.25) is 0 Å². The van der Waals surface area contributed by atoms with Crippen LogP contribution in [0.4, 0.5) is 19.3 Å². The molecule has 0 radical (unpaired) electrons. The number of nitrogens with zero attached hydrogens (tertiary/aromatic N) is 4. The summed E-state index contributed by atoms with van der Waals surface area (Å²) in [6.07, 6.45) is 1.92. The topological polar surface area (TPSA) is 60.3 Å². The number of hydrogen-bond donors (Lipinski definition) is 0. The third kappa shape index (κ3) is 2.69. The summed E-state index contributed by atoms with van der Waals surface area (Å²) >= 11 is 1.69. The Morgan fingerprint density at radius 3 is 2.90 bits per heavy atom. The molecule has 0 aliphatic carbocycles. The molecule has 0 saturated carbocycles. The summed E-state index contributed by atoms with van der Waals surface area (Å²) in [5, 5.41) is 7.41. The molecule has 2 aromatic rings. The second kappa shape index (κ2) is 5.54. The van der Waals surface area contributed by atoms with Crippen molar-refractivity contribution in [1.29, 1.82) is 0 Å². The summed E-state index contributed by atoms with van der Waals surface area (Å²) in [4.78, 5) is 12.9. The molecule has 1 amide bonds. The highest BCUT2D eigenvalue weighted by atomic mass is 127. The van der Waals surface area contributed by atoms with Crippen LogP contribution in [0.2, 0.25) is 0 Å². The summed E-state index contributed by atoms with van der Waals surface area (Å²) in [6, 6.07) is 2.77. The van der Waals surface area contributed by atoms with E-state index in [-0.39, 0.29) is 15.8 Å². The van der Waals surface area contributed by atoms with E-state index in [1.807, 2.05) is 0 Å². The van der Waals surface area contributed by atoms with Crippen LogP contribution in [0.5, 0.6) is 0 Å². The molecule has 110 valence electrons. The number of aromatic nitrogens is 3. The Hall–Kier alpha value is -1.78. The molecular weight excluding hydrogens is 397 g/mol. The van der Waals surface area contributed by atoms with Gasteiger partial charge in [0.15, 0.2) is 11.6 Å². The van der Waals surface area contributed by atoms with E-state index in [0.717, 1.165) is 4.90 Å².